The van der Waals surface area contributed by atoms with Crippen molar-refractivity contribution in [2.24, 2.45) is 0 Å². The predicted octanol–water partition coefficient (Wildman–Crippen LogP) is 0.381. The highest BCUT2D eigenvalue weighted by Gasteiger charge is 2.07. The maximum absolute atomic E-state index is 5.56. The zero-order valence-corrected chi connectivity index (χ0v) is 11.0. The van der Waals surface area contributed by atoms with Crippen LogP contribution in [0.2, 0.25) is 0 Å². The number of hydrogen-bond acceptors (Lipinski definition) is 6. The fourth-order valence-electron chi connectivity index (χ4n) is 1.30. The van der Waals surface area contributed by atoms with Crippen LogP contribution in [0.5, 0.6) is 0 Å². The average Bonchev–Trinajstić information content (AvgIpc) is 2.36. The molecule has 0 aromatic heterocycles. The van der Waals surface area contributed by atoms with Crippen LogP contribution in [-0.2, 0) is 23.7 Å². The van der Waals surface area contributed by atoms with E-state index in [2.05, 4.69) is 12.6 Å². The summed E-state index contributed by atoms with van der Waals surface area (Å²) in [6.07, 6.45) is 0.0170. The second-order valence-corrected chi connectivity index (χ2v) is 3.95. The minimum atomic E-state index is 0.0170. The van der Waals surface area contributed by atoms with Crippen LogP contribution in [0.4, 0.5) is 0 Å². The molecule has 1 unspecified atom stereocenters. The zero-order valence-electron chi connectivity index (χ0n) is 10.1. The van der Waals surface area contributed by atoms with Gasteiger partial charge in [0, 0.05) is 5.75 Å². The Morgan fingerprint density at radius 2 is 1.18 bits per heavy atom. The maximum atomic E-state index is 5.56. The molecule has 0 aromatic rings. The van der Waals surface area contributed by atoms with Gasteiger partial charge in [0.2, 0.25) is 0 Å². The SMILES string of the molecule is SCC1COCCOCCOCCOCCO1. The molecule has 1 atom stereocenters. The molecule has 1 rings (SSSR count). The molecule has 0 aliphatic carbocycles. The van der Waals surface area contributed by atoms with Gasteiger partial charge in [0.15, 0.2) is 0 Å². The molecule has 5 nitrogen and oxygen atoms in total. The van der Waals surface area contributed by atoms with Crippen molar-refractivity contribution in [3.8, 4) is 0 Å². The van der Waals surface area contributed by atoms with E-state index in [4.69, 9.17) is 23.7 Å². The number of rotatable bonds is 1. The normalized spacial score (nSPS) is 27.0. The van der Waals surface area contributed by atoms with Crippen LogP contribution in [0.3, 0.4) is 0 Å². The monoisotopic (exact) mass is 266 g/mol. The van der Waals surface area contributed by atoms with Crippen molar-refractivity contribution >= 4 is 12.6 Å². The molecule has 0 N–H and O–H groups in total. The molecule has 0 saturated carbocycles. The van der Waals surface area contributed by atoms with Gasteiger partial charge in [-0.25, -0.2) is 0 Å². The van der Waals surface area contributed by atoms with Gasteiger partial charge in [-0.2, -0.15) is 12.6 Å². The molecule has 1 saturated heterocycles. The van der Waals surface area contributed by atoms with E-state index in [1.807, 2.05) is 0 Å². The Morgan fingerprint density at radius 1 is 0.706 bits per heavy atom. The van der Waals surface area contributed by atoms with E-state index in [9.17, 15) is 0 Å². The second kappa shape index (κ2) is 11.3. The van der Waals surface area contributed by atoms with Crippen molar-refractivity contribution in [3.63, 3.8) is 0 Å². The fourth-order valence-corrected chi connectivity index (χ4v) is 1.51. The smallest absolute Gasteiger partial charge is 0.0897 e. The third kappa shape index (κ3) is 8.82. The quantitative estimate of drug-likeness (QED) is 0.695. The lowest BCUT2D eigenvalue weighted by atomic mass is 10.4. The Labute approximate surface area is 108 Å². The van der Waals surface area contributed by atoms with E-state index in [0.717, 1.165) is 0 Å². The molecule has 0 radical (unpaired) electrons. The summed E-state index contributed by atoms with van der Waals surface area (Å²) in [7, 11) is 0. The first-order chi connectivity index (χ1) is 8.43. The van der Waals surface area contributed by atoms with Gasteiger partial charge in [0.05, 0.1) is 65.6 Å². The maximum Gasteiger partial charge on any atom is 0.0897 e. The van der Waals surface area contributed by atoms with E-state index >= 15 is 0 Å². The Hall–Kier alpha value is 0.150. The van der Waals surface area contributed by atoms with Crippen LogP contribution in [-0.4, -0.2) is 71.3 Å². The molecule has 17 heavy (non-hydrogen) atoms. The predicted molar refractivity (Wildman–Crippen MR) is 66.9 cm³/mol. The third-order valence-electron chi connectivity index (χ3n) is 2.20. The molecule has 0 bridgehead atoms. The van der Waals surface area contributed by atoms with Crippen molar-refractivity contribution in [1.82, 2.24) is 0 Å². The molecule has 1 aliphatic rings. The van der Waals surface area contributed by atoms with Crippen LogP contribution < -0.4 is 0 Å². The Kier molecular flexibility index (Phi) is 10.1. The van der Waals surface area contributed by atoms with Crippen molar-refractivity contribution < 1.29 is 23.7 Å². The van der Waals surface area contributed by atoms with Crippen molar-refractivity contribution in [3.05, 3.63) is 0 Å². The van der Waals surface area contributed by atoms with Crippen LogP contribution in [0.1, 0.15) is 0 Å². The van der Waals surface area contributed by atoms with Gasteiger partial charge in [-0.1, -0.05) is 0 Å². The lowest BCUT2D eigenvalue weighted by Crippen LogP contribution is -2.24. The number of ether oxygens (including phenoxy) is 5. The topological polar surface area (TPSA) is 46.2 Å². The Bertz CT molecular complexity index is 154. The van der Waals surface area contributed by atoms with Crippen LogP contribution >= 0.6 is 12.6 Å². The molecule has 1 heterocycles. The molecule has 0 amide bonds. The molecule has 6 heteroatoms. The minimum Gasteiger partial charge on any atom is -0.377 e. The molecule has 1 aliphatic heterocycles. The third-order valence-corrected chi connectivity index (χ3v) is 2.61. The first-order valence-corrected chi connectivity index (χ1v) is 6.60. The van der Waals surface area contributed by atoms with E-state index in [-0.39, 0.29) is 6.10 Å². The highest BCUT2D eigenvalue weighted by Crippen LogP contribution is 1.97. The lowest BCUT2D eigenvalue weighted by Gasteiger charge is -2.15. The van der Waals surface area contributed by atoms with Gasteiger partial charge in [-0.3, -0.25) is 0 Å². The summed E-state index contributed by atoms with van der Waals surface area (Å²) < 4.78 is 27.0. The van der Waals surface area contributed by atoms with Gasteiger partial charge in [0.1, 0.15) is 0 Å². The van der Waals surface area contributed by atoms with E-state index in [1.54, 1.807) is 0 Å². The van der Waals surface area contributed by atoms with Gasteiger partial charge in [0.25, 0.3) is 0 Å². The molecule has 0 spiro atoms. The first kappa shape index (κ1) is 15.2. The van der Waals surface area contributed by atoms with E-state index in [0.29, 0.717) is 65.2 Å². The zero-order chi connectivity index (χ0) is 12.2. The van der Waals surface area contributed by atoms with E-state index in [1.165, 1.54) is 0 Å². The summed E-state index contributed by atoms with van der Waals surface area (Å²) in [4.78, 5) is 0. The van der Waals surface area contributed by atoms with Crippen molar-refractivity contribution in [2.45, 2.75) is 6.10 Å². The summed E-state index contributed by atoms with van der Waals surface area (Å²) >= 11 is 4.22. The van der Waals surface area contributed by atoms with Gasteiger partial charge < -0.3 is 23.7 Å². The van der Waals surface area contributed by atoms with Crippen LogP contribution in [0.15, 0.2) is 0 Å². The van der Waals surface area contributed by atoms with Crippen molar-refractivity contribution in [2.75, 3.05) is 65.2 Å². The summed E-state index contributed by atoms with van der Waals surface area (Å²) in [5, 5.41) is 0. The van der Waals surface area contributed by atoms with Crippen LogP contribution in [0, 0.1) is 0 Å². The summed E-state index contributed by atoms with van der Waals surface area (Å²) in [6.45, 7) is 5.21. The highest BCUT2D eigenvalue weighted by molar-refractivity contribution is 7.80. The van der Waals surface area contributed by atoms with Crippen molar-refractivity contribution in [1.29, 1.82) is 0 Å². The molecular formula is C11H22O5S. The largest absolute Gasteiger partial charge is 0.377 e. The molecule has 102 valence electrons. The first-order valence-electron chi connectivity index (χ1n) is 5.97. The molecule has 1 fully saturated rings. The summed E-state index contributed by atoms with van der Waals surface area (Å²) in [5.74, 6) is 0.643. The Balaban J connectivity index is 2.16. The number of hydrogen-bond donors (Lipinski definition) is 1. The second-order valence-electron chi connectivity index (χ2n) is 3.59. The fraction of sp³-hybridized carbons (Fsp3) is 1.00. The minimum absolute atomic E-state index is 0.0170. The highest BCUT2D eigenvalue weighted by atomic mass is 32.1. The Morgan fingerprint density at radius 3 is 1.71 bits per heavy atom. The van der Waals surface area contributed by atoms with Gasteiger partial charge >= 0.3 is 0 Å². The summed E-state index contributed by atoms with van der Waals surface area (Å²) in [5.41, 5.74) is 0. The molecular weight excluding hydrogens is 244 g/mol. The van der Waals surface area contributed by atoms with Crippen LogP contribution in [0.25, 0.3) is 0 Å². The summed E-state index contributed by atoms with van der Waals surface area (Å²) in [6, 6.07) is 0. The number of thiol groups is 1. The van der Waals surface area contributed by atoms with Gasteiger partial charge in [-0.05, 0) is 0 Å². The lowest BCUT2D eigenvalue weighted by molar-refractivity contribution is -0.0357. The molecule has 0 aromatic carbocycles. The average molecular weight is 266 g/mol. The standard InChI is InChI=1S/C11H22O5S/c17-10-11-9-15-6-5-13-2-1-12-3-4-14-7-8-16-11/h11,17H,1-10H2. The van der Waals surface area contributed by atoms with Gasteiger partial charge in [-0.15, -0.1) is 0 Å². The van der Waals surface area contributed by atoms with E-state index < -0.39 is 0 Å².